The second-order valence-electron chi connectivity index (χ2n) is 7.62. The van der Waals surface area contributed by atoms with Crippen LogP contribution in [0, 0.1) is 5.82 Å². The van der Waals surface area contributed by atoms with Gasteiger partial charge in [-0.2, -0.15) is 0 Å². The zero-order valence-electron chi connectivity index (χ0n) is 18.8. The van der Waals surface area contributed by atoms with E-state index < -0.39 is 17.8 Å². The highest BCUT2D eigenvalue weighted by molar-refractivity contribution is 7.99. The number of halogens is 1. The van der Waals surface area contributed by atoms with Crippen molar-refractivity contribution in [2.24, 2.45) is 0 Å². The molecule has 0 saturated carbocycles. The van der Waals surface area contributed by atoms with Crippen molar-refractivity contribution in [3.8, 4) is 0 Å². The number of carbonyl (C=O) groups excluding carboxylic acids is 2. The quantitative estimate of drug-likeness (QED) is 0.356. The molecule has 0 aliphatic carbocycles. The number of hydrogen-bond acceptors (Lipinski definition) is 5. The first kappa shape index (κ1) is 23.4. The minimum atomic E-state index is -0.586. The monoisotopic (exact) mass is 477 g/mol. The number of hydrogen-bond donors (Lipinski definition) is 2. The van der Waals surface area contributed by atoms with Gasteiger partial charge in [-0.15, -0.1) is 10.2 Å². The first-order valence-corrected chi connectivity index (χ1v) is 11.9. The lowest BCUT2D eigenvalue weighted by atomic mass is 10.1. The smallest absolute Gasteiger partial charge is 0.254 e. The number of thioether (sulfide) groups is 1. The Hall–Kier alpha value is -3.72. The van der Waals surface area contributed by atoms with E-state index in [2.05, 4.69) is 20.8 Å². The van der Waals surface area contributed by atoms with Crippen molar-refractivity contribution in [3.63, 3.8) is 0 Å². The molecule has 0 unspecified atom stereocenters. The van der Waals surface area contributed by atoms with Crippen LogP contribution in [0.5, 0.6) is 0 Å². The van der Waals surface area contributed by atoms with Gasteiger partial charge in [0.1, 0.15) is 5.82 Å². The van der Waals surface area contributed by atoms with Gasteiger partial charge < -0.3 is 15.2 Å². The third-order valence-electron chi connectivity index (χ3n) is 5.31. The molecular formula is C25H24FN5O2S. The fraction of sp³-hybridized carbons (Fsp3) is 0.200. The van der Waals surface area contributed by atoms with Gasteiger partial charge >= 0.3 is 0 Å². The lowest BCUT2D eigenvalue weighted by Crippen LogP contribution is -2.29. The van der Waals surface area contributed by atoms with E-state index in [1.165, 1.54) is 30.0 Å². The van der Waals surface area contributed by atoms with E-state index in [0.29, 0.717) is 17.5 Å². The molecular weight excluding hydrogens is 453 g/mol. The zero-order valence-corrected chi connectivity index (χ0v) is 19.6. The van der Waals surface area contributed by atoms with Crippen LogP contribution in [0.3, 0.4) is 0 Å². The second-order valence-corrected chi connectivity index (χ2v) is 8.57. The van der Waals surface area contributed by atoms with Crippen LogP contribution in [0.1, 0.15) is 36.1 Å². The summed E-state index contributed by atoms with van der Waals surface area (Å²) in [4.78, 5) is 25.1. The molecule has 2 N–H and O–H groups in total. The van der Waals surface area contributed by atoms with E-state index >= 15 is 0 Å². The summed E-state index contributed by atoms with van der Waals surface area (Å²) in [6.45, 7) is 4.24. The van der Waals surface area contributed by atoms with Crippen LogP contribution in [0.15, 0.2) is 71.9 Å². The first-order valence-electron chi connectivity index (χ1n) is 10.9. The van der Waals surface area contributed by atoms with Gasteiger partial charge in [-0.3, -0.25) is 9.59 Å². The SMILES string of the molecule is CCn1c(SCC(=O)Nc2cccc3ccccc23)nnc1[C@H](C)NC(=O)c1ccccc1F. The van der Waals surface area contributed by atoms with Crippen molar-refractivity contribution < 1.29 is 14.0 Å². The van der Waals surface area contributed by atoms with Crippen LogP contribution in [-0.4, -0.2) is 32.3 Å². The van der Waals surface area contributed by atoms with Crippen LogP contribution < -0.4 is 10.6 Å². The molecule has 3 aromatic carbocycles. The number of benzene rings is 3. The molecule has 4 aromatic rings. The molecule has 0 aliphatic heterocycles. The summed E-state index contributed by atoms with van der Waals surface area (Å²) in [6.07, 6.45) is 0. The summed E-state index contributed by atoms with van der Waals surface area (Å²) in [6, 6.07) is 18.9. The van der Waals surface area contributed by atoms with E-state index in [0.717, 1.165) is 16.5 Å². The number of rotatable bonds is 8. The molecule has 9 heteroatoms. The molecule has 174 valence electrons. The molecule has 0 spiro atoms. The summed E-state index contributed by atoms with van der Waals surface area (Å²) in [5, 5.41) is 16.7. The molecule has 34 heavy (non-hydrogen) atoms. The Balaban J connectivity index is 1.41. The summed E-state index contributed by atoms with van der Waals surface area (Å²) < 4.78 is 15.8. The van der Waals surface area contributed by atoms with Crippen LogP contribution in [0.25, 0.3) is 10.8 Å². The van der Waals surface area contributed by atoms with Crippen molar-refractivity contribution >= 4 is 40.0 Å². The molecule has 0 fully saturated rings. The standard InChI is InChI=1S/C25H24FN5O2S/c1-3-31-23(16(2)27-24(33)19-12-6-7-13-20(19)26)29-30-25(31)34-15-22(32)28-21-14-8-10-17-9-4-5-11-18(17)21/h4-14,16H,3,15H2,1-2H3,(H,27,33)(H,28,32)/t16-/m0/s1. The van der Waals surface area contributed by atoms with E-state index in [1.54, 1.807) is 13.0 Å². The van der Waals surface area contributed by atoms with Crippen molar-refractivity contribution in [1.82, 2.24) is 20.1 Å². The number of amides is 2. The van der Waals surface area contributed by atoms with Crippen LogP contribution >= 0.6 is 11.8 Å². The summed E-state index contributed by atoms with van der Waals surface area (Å²) >= 11 is 1.26. The second kappa shape index (κ2) is 10.5. The largest absolute Gasteiger partial charge is 0.342 e. The number of aromatic nitrogens is 3. The minimum absolute atomic E-state index is 0.0309. The van der Waals surface area contributed by atoms with Gasteiger partial charge in [-0.05, 0) is 37.4 Å². The fourth-order valence-corrected chi connectivity index (χ4v) is 4.47. The highest BCUT2D eigenvalue weighted by Gasteiger charge is 2.21. The average molecular weight is 478 g/mol. The molecule has 0 saturated heterocycles. The Labute approximate surface area is 200 Å². The van der Waals surface area contributed by atoms with Gasteiger partial charge in [-0.25, -0.2) is 4.39 Å². The van der Waals surface area contributed by atoms with Gasteiger partial charge in [0.25, 0.3) is 5.91 Å². The van der Waals surface area contributed by atoms with E-state index in [9.17, 15) is 14.0 Å². The van der Waals surface area contributed by atoms with Gasteiger partial charge in [0.05, 0.1) is 17.4 Å². The molecule has 1 aromatic heterocycles. The molecule has 1 heterocycles. The predicted molar refractivity (Wildman–Crippen MR) is 131 cm³/mol. The Morgan fingerprint density at radius 3 is 2.56 bits per heavy atom. The Morgan fingerprint density at radius 2 is 1.76 bits per heavy atom. The maximum Gasteiger partial charge on any atom is 0.254 e. The van der Waals surface area contributed by atoms with Crippen LogP contribution in [0.4, 0.5) is 10.1 Å². The maximum absolute atomic E-state index is 13.9. The van der Waals surface area contributed by atoms with E-state index in [-0.39, 0.29) is 17.2 Å². The van der Waals surface area contributed by atoms with Crippen LogP contribution in [0.2, 0.25) is 0 Å². The third kappa shape index (κ3) is 5.09. The zero-order chi connectivity index (χ0) is 24.1. The summed E-state index contributed by atoms with van der Waals surface area (Å²) in [7, 11) is 0. The van der Waals surface area contributed by atoms with Gasteiger partial charge in [0, 0.05) is 17.6 Å². The molecule has 2 amide bonds. The van der Waals surface area contributed by atoms with E-state index in [1.807, 2.05) is 54.0 Å². The lowest BCUT2D eigenvalue weighted by Gasteiger charge is -2.15. The molecule has 4 rings (SSSR count). The maximum atomic E-state index is 13.9. The van der Waals surface area contributed by atoms with Crippen molar-refractivity contribution in [1.29, 1.82) is 0 Å². The molecule has 1 atom stereocenters. The molecule has 7 nitrogen and oxygen atoms in total. The Kier molecular flexibility index (Phi) is 7.22. The van der Waals surface area contributed by atoms with Gasteiger partial charge in [0.2, 0.25) is 5.91 Å². The Morgan fingerprint density at radius 1 is 1.03 bits per heavy atom. The normalized spacial score (nSPS) is 11.9. The first-order chi connectivity index (χ1) is 16.5. The molecule has 0 aliphatic rings. The summed E-state index contributed by atoms with van der Waals surface area (Å²) in [5.74, 6) is -0.590. The average Bonchev–Trinajstić information content (AvgIpc) is 3.26. The number of carbonyl (C=O) groups is 2. The highest BCUT2D eigenvalue weighted by atomic mass is 32.2. The molecule has 0 radical (unpaired) electrons. The van der Waals surface area contributed by atoms with E-state index in [4.69, 9.17) is 0 Å². The lowest BCUT2D eigenvalue weighted by molar-refractivity contribution is -0.113. The number of nitrogens with zero attached hydrogens (tertiary/aromatic N) is 3. The minimum Gasteiger partial charge on any atom is -0.342 e. The summed E-state index contributed by atoms with van der Waals surface area (Å²) in [5.41, 5.74) is 0.724. The van der Waals surface area contributed by atoms with Crippen molar-refractivity contribution in [2.75, 3.05) is 11.1 Å². The third-order valence-corrected chi connectivity index (χ3v) is 6.28. The van der Waals surface area contributed by atoms with Crippen molar-refractivity contribution in [3.05, 3.63) is 83.9 Å². The fourth-order valence-electron chi connectivity index (χ4n) is 3.66. The topological polar surface area (TPSA) is 88.9 Å². The van der Waals surface area contributed by atoms with Crippen LogP contribution in [-0.2, 0) is 11.3 Å². The van der Waals surface area contributed by atoms with Gasteiger partial charge in [0.15, 0.2) is 11.0 Å². The number of nitrogens with one attached hydrogen (secondary N) is 2. The number of fused-ring (bicyclic) bond motifs is 1. The van der Waals surface area contributed by atoms with Crippen molar-refractivity contribution in [2.45, 2.75) is 31.6 Å². The number of anilines is 1. The molecule has 0 bridgehead atoms. The highest BCUT2D eigenvalue weighted by Crippen LogP contribution is 2.25. The predicted octanol–water partition coefficient (Wildman–Crippen LogP) is 4.81. The van der Waals surface area contributed by atoms with Gasteiger partial charge in [-0.1, -0.05) is 60.3 Å². The Bertz CT molecular complexity index is 1330.